The summed E-state index contributed by atoms with van der Waals surface area (Å²) in [5.41, 5.74) is 1.16. The highest BCUT2D eigenvalue weighted by molar-refractivity contribution is 5.78. The van der Waals surface area contributed by atoms with Crippen LogP contribution in [0.1, 0.15) is 46.0 Å². The fraction of sp³-hybridized carbons (Fsp3) is 0.688. The van der Waals surface area contributed by atoms with Crippen LogP contribution < -0.4 is 0 Å². The molecule has 2 nitrogen and oxygen atoms in total. The second-order valence-corrected chi connectivity index (χ2v) is 5.92. The quantitative estimate of drug-likeness (QED) is 0.538. The van der Waals surface area contributed by atoms with Crippen molar-refractivity contribution in [2.24, 2.45) is 11.8 Å². The zero-order valence-corrected chi connectivity index (χ0v) is 11.5. The van der Waals surface area contributed by atoms with E-state index in [1.54, 1.807) is 0 Å². The van der Waals surface area contributed by atoms with Crippen molar-refractivity contribution in [1.29, 1.82) is 0 Å². The average Bonchev–Trinajstić information content (AvgIpc) is 2.98. The van der Waals surface area contributed by atoms with E-state index in [9.17, 15) is 4.79 Å². The van der Waals surface area contributed by atoms with E-state index in [-0.39, 0.29) is 11.9 Å². The molecular formula is C16H23NO. The Balaban J connectivity index is 1.94. The fourth-order valence-electron chi connectivity index (χ4n) is 3.17. The lowest BCUT2D eigenvalue weighted by Gasteiger charge is -2.26. The van der Waals surface area contributed by atoms with Gasteiger partial charge in [-0.1, -0.05) is 24.8 Å². The number of piperidine rings is 1. The van der Waals surface area contributed by atoms with E-state index in [0.29, 0.717) is 24.3 Å². The van der Waals surface area contributed by atoms with Crippen LogP contribution in [0.25, 0.3) is 0 Å². The van der Waals surface area contributed by atoms with E-state index >= 15 is 0 Å². The molecule has 2 fully saturated rings. The first-order chi connectivity index (χ1) is 8.56. The van der Waals surface area contributed by atoms with E-state index in [1.807, 2.05) is 11.8 Å². The van der Waals surface area contributed by atoms with Crippen LogP contribution in [0.5, 0.6) is 0 Å². The minimum absolute atomic E-state index is 0.0589. The highest BCUT2D eigenvalue weighted by atomic mass is 16.2. The third-order valence-corrected chi connectivity index (χ3v) is 4.26. The molecule has 1 saturated carbocycles. The van der Waals surface area contributed by atoms with Crippen LogP contribution in [-0.2, 0) is 4.79 Å². The van der Waals surface area contributed by atoms with Gasteiger partial charge < -0.3 is 4.90 Å². The molecule has 0 bridgehead atoms. The molecule has 1 aliphatic carbocycles. The third-order valence-electron chi connectivity index (χ3n) is 4.26. The van der Waals surface area contributed by atoms with Crippen molar-refractivity contribution in [2.45, 2.75) is 58.0 Å². The van der Waals surface area contributed by atoms with Crippen LogP contribution >= 0.6 is 0 Å². The van der Waals surface area contributed by atoms with E-state index in [4.69, 9.17) is 6.42 Å². The number of likely N-dealkylation sites (tertiary alicyclic amines) is 1. The molecule has 2 aliphatic rings. The van der Waals surface area contributed by atoms with Gasteiger partial charge in [0, 0.05) is 12.5 Å². The Bertz CT molecular complexity index is 392. The minimum Gasteiger partial charge on any atom is -0.326 e. The van der Waals surface area contributed by atoms with Gasteiger partial charge >= 0.3 is 0 Å². The molecule has 1 aliphatic heterocycles. The maximum Gasteiger partial charge on any atom is 0.224 e. The molecule has 2 rings (SSSR count). The van der Waals surface area contributed by atoms with Crippen molar-refractivity contribution < 1.29 is 4.79 Å². The van der Waals surface area contributed by atoms with Gasteiger partial charge in [0.1, 0.15) is 0 Å². The molecule has 0 N–H and O–H groups in total. The molecule has 4 unspecified atom stereocenters. The molecule has 0 aromatic carbocycles. The monoisotopic (exact) mass is 245 g/mol. The van der Waals surface area contributed by atoms with Crippen LogP contribution in [0.15, 0.2) is 12.2 Å². The predicted molar refractivity (Wildman–Crippen MR) is 73.8 cm³/mol. The maximum atomic E-state index is 12.4. The van der Waals surface area contributed by atoms with Gasteiger partial charge in [0.05, 0.1) is 6.04 Å². The molecule has 1 amide bonds. The highest BCUT2D eigenvalue weighted by Crippen LogP contribution is 2.48. The Labute approximate surface area is 110 Å². The fourth-order valence-corrected chi connectivity index (χ4v) is 3.17. The Kier molecular flexibility index (Phi) is 3.80. The lowest BCUT2D eigenvalue weighted by atomic mass is 9.94. The second kappa shape index (κ2) is 5.18. The van der Waals surface area contributed by atoms with Gasteiger partial charge in [-0.15, -0.1) is 13.0 Å². The number of rotatable bonds is 5. The van der Waals surface area contributed by atoms with Crippen molar-refractivity contribution in [3.8, 4) is 12.3 Å². The molecule has 4 atom stereocenters. The normalized spacial score (nSPS) is 30.5. The Morgan fingerprint density at radius 1 is 1.50 bits per heavy atom. The van der Waals surface area contributed by atoms with Crippen molar-refractivity contribution in [3.05, 3.63) is 12.2 Å². The van der Waals surface area contributed by atoms with Crippen LogP contribution in [0.3, 0.4) is 0 Å². The van der Waals surface area contributed by atoms with Gasteiger partial charge in [0.15, 0.2) is 0 Å². The number of terminal acetylenes is 1. The standard InChI is InChI=1S/C16H23NO/c1-5-12(7-11(3)4)8-16(18)17-14(6-2)9-13-10-15(13)17/h2,12-15H,3,5,7-10H2,1,4H3. The molecular weight excluding hydrogens is 222 g/mol. The SMILES string of the molecule is C#CC1CC2CC2N1C(=O)CC(CC)CC(=C)C. The van der Waals surface area contributed by atoms with E-state index in [1.165, 1.54) is 6.42 Å². The molecule has 1 heterocycles. The number of carbonyl (C=O) groups is 1. The second-order valence-electron chi connectivity index (χ2n) is 5.92. The predicted octanol–water partition coefficient (Wildman–Crippen LogP) is 2.99. The summed E-state index contributed by atoms with van der Waals surface area (Å²) < 4.78 is 0. The first-order valence-electron chi connectivity index (χ1n) is 6.98. The average molecular weight is 245 g/mol. The maximum absolute atomic E-state index is 12.4. The van der Waals surface area contributed by atoms with Crippen molar-refractivity contribution in [2.75, 3.05) is 0 Å². The largest absolute Gasteiger partial charge is 0.326 e. The lowest BCUT2D eigenvalue weighted by molar-refractivity contribution is -0.133. The highest BCUT2D eigenvalue weighted by Gasteiger charge is 2.53. The lowest BCUT2D eigenvalue weighted by Crippen LogP contribution is -2.38. The topological polar surface area (TPSA) is 20.3 Å². The van der Waals surface area contributed by atoms with Gasteiger partial charge in [-0.05, 0) is 38.0 Å². The summed E-state index contributed by atoms with van der Waals surface area (Å²) in [5.74, 6) is 4.15. The van der Waals surface area contributed by atoms with Gasteiger partial charge in [-0.3, -0.25) is 4.79 Å². The van der Waals surface area contributed by atoms with E-state index < -0.39 is 0 Å². The molecule has 0 aromatic rings. The third kappa shape index (κ3) is 2.61. The zero-order valence-electron chi connectivity index (χ0n) is 11.5. The molecule has 0 radical (unpaired) electrons. The molecule has 0 aromatic heterocycles. The first kappa shape index (κ1) is 13.2. The van der Waals surface area contributed by atoms with Crippen molar-refractivity contribution in [1.82, 2.24) is 4.90 Å². The van der Waals surface area contributed by atoms with Gasteiger partial charge in [-0.25, -0.2) is 0 Å². The summed E-state index contributed by atoms with van der Waals surface area (Å²) in [6, 6.07) is 0.518. The number of hydrogen-bond donors (Lipinski definition) is 0. The van der Waals surface area contributed by atoms with E-state index in [0.717, 1.165) is 24.8 Å². The number of nitrogens with zero attached hydrogens (tertiary/aromatic N) is 1. The van der Waals surface area contributed by atoms with Crippen molar-refractivity contribution in [3.63, 3.8) is 0 Å². The zero-order chi connectivity index (χ0) is 13.3. The molecule has 0 spiro atoms. The first-order valence-corrected chi connectivity index (χ1v) is 6.98. The summed E-state index contributed by atoms with van der Waals surface area (Å²) >= 11 is 0. The molecule has 2 heteroatoms. The number of hydrogen-bond acceptors (Lipinski definition) is 1. The summed E-state index contributed by atoms with van der Waals surface area (Å²) in [6.07, 6.45) is 10.3. The van der Waals surface area contributed by atoms with E-state index in [2.05, 4.69) is 19.4 Å². The van der Waals surface area contributed by atoms with Crippen LogP contribution in [-0.4, -0.2) is 22.9 Å². The van der Waals surface area contributed by atoms with Crippen molar-refractivity contribution >= 4 is 5.91 Å². The summed E-state index contributed by atoms with van der Waals surface area (Å²) in [4.78, 5) is 14.4. The smallest absolute Gasteiger partial charge is 0.224 e. The molecule has 18 heavy (non-hydrogen) atoms. The van der Waals surface area contributed by atoms with Crippen LogP contribution in [0.4, 0.5) is 0 Å². The van der Waals surface area contributed by atoms with Crippen LogP contribution in [0, 0.1) is 24.2 Å². The summed E-state index contributed by atoms with van der Waals surface area (Å²) in [5, 5.41) is 0. The Morgan fingerprint density at radius 2 is 2.22 bits per heavy atom. The minimum atomic E-state index is 0.0589. The van der Waals surface area contributed by atoms with Gasteiger partial charge in [0.25, 0.3) is 0 Å². The van der Waals surface area contributed by atoms with Gasteiger partial charge in [-0.2, -0.15) is 0 Å². The number of allylic oxidation sites excluding steroid dienone is 1. The summed E-state index contributed by atoms with van der Waals surface area (Å²) in [6.45, 7) is 8.12. The van der Waals surface area contributed by atoms with Gasteiger partial charge in [0.2, 0.25) is 5.91 Å². The number of amides is 1. The molecule has 1 saturated heterocycles. The number of carbonyl (C=O) groups excluding carboxylic acids is 1. The summed E-state index contributed by atoms with van der Waals surface area (Å²) in [7, 11) is 0. The Hall–Kier alpha value is -1.23. The Morgan fingerprint density at radius 3 is 2.78 bits per heavy atom. The molecule has 98 valence electrons. The number of fused-ring (bicyclic) bond motifs is 1. The van der Waals surface area contributed by atoms with Crippen LogP contribution in [0.2, 0.25) is 0 Å².